The molecule has 3 heterocycles. The summed E-state index contributed by atoms with van der Waals surface area (Å²) in [5.74, 6) is 0.404. The van der Waals surface area contributed by atoms with Gasteiger partial charge in [0.2, 0.25) is 27.7 Å². The van der Waals surface area contributed by atoms with Crippen LogP contribution in [0, 0.1) is 0 Å². The molecule has 0 saturated carbocycles. The molecule has 0 unspecified atom stereocenters. The van der Waals surface area contributed by atoms with E-state index in [1.165, 1.54) is 4.52 Å². The summed E-state index contributed by atoms with van der Waals surface area (Å²) in [6.45, 7) is -0.141. The number of benzene rings is 1. The van der Waals surface area contributed by atoms with E-state index in [4.69, 9.17) is 9.47 Å². The fourth-order valence-corrected chi connectivity index (χ4v) is 4.44. The third-order valence-corrected chi connectivity index (χ3v) is 6.57. The maximum atomic E-state index is 12.2. The lowest BCUT2D eigenvalue weighted by atomic mass is 10.1. The molecule has 180 valence electrons. The van der Waals surface area contributed by atoms with Gasteiger partial charge in [-0.1, -0.05) is 12.1 Å². The molecule has 1 aromatic carbocycles. The number of aromatic nitrogens is 4. The van der Waals surface area contributed by atoms with Gasteiger partial charge in [-0.25, -0.2) is 13.1 Å². The number of rotatable bonds is 10. The molecular formula is C21H24N6O6S. The highest BCUT2D eigenvalue weighted by Crippen LogP contribution is 2.23. The minimum atomic E-state index is -3.69. The van der Waals surface area contributed by atoms with Crippen LogP contribution in [0.4, 0.5) is 0 Å². The van der Waals surface area contributed by atoms with Gasteiger partial charge in [0.15, 0.2) is 11.5 Å². The Hall–Kier alpha value is -3.58. The molecule has 1 N–H and O–H groups in total. The third kappa shape index (κ3) is 5.48. The Morgan fingerprint density at radius 2 is 1.88 bits per heavy atom. The number of hydrogen-bond acceptors (Lipinski definition) is 9. The summed E-state index contributed by atoms with van der Waals surface area (Å²) in [5.41, 5.74) is 1.28. The van der Waals surface area contributed by atoms with Crippen molar-refractivity contribution in [3.63, 3.8) is 0 Å². The minimum Gasteiger partial charge on any atom is -0.497 e. The molecule has 1 aliphatic heterocycles. The van der Waals surface area contributed by atoms with Crippen LogP contribution in [0.2, 0.25) is 0 Å². The minimum absolute atomic E-state index is 0.00510. The largest absolute Gasteiger partial charge is 0.497 e. The summed E-state index contributed by atoms with van der Waals surface area (Å²) in [5, 5.41) is 12.7. The standard InChI is InChI=1S/C21H24N6O6S/c1-32-16-5-2-4-15(14-16)21-24-23-17-8-9-18(25-27(17)21)33-12-10-22-34(30,31)13-11-26-19(28)6-3-7-20(26)29/h2,4-5,8-9,14,22H,3,6-7,10-13H2,1H3. The molecule has 0 aliphatic carbocycles. The average molecular weight is 489 g/mol. The molecule has 13 heteroatoms. The fraction of sp³-hybridized carbons (Fsp3) is 0.381. The first-order valence-electron chi connectivity index (χ1n) is 10.7. The second-order valence-corrected chi connectivity index (χ2v) is 9.48. The maximum Gasteiger partial charge on any atom is 0.231 e. The summed E-state index contributed by atoms with van der Waals surface area (Å²) in [6, 6.07) is 10.6. The normalized spacial score (nSPS) is 14.6. The van der Waals surface area contributed by atoms with Crippen LogP contribution in [0.25, 0.3) is 17.0 Å². The lowest BCUT2D eigenvalue weighted by Gasteiger charge is -2.24. The van der Waals surface area contributed by atoms with Crippen LogP contribution < -0.4 is 14.2 Å². The smallest absolute Gasteiger partial charge is 0.231 e. The summed E-state index contributed by atoms with van der Waals surface area (Å²) in [6.07, 6.45) is 1.03. The van der Waals surface area contributed by atoms with Crippen LogP contribution >= 0.6 is 0 Å². The first kappa shape index (κ1) is 23.6. The van der Waals surface area contributed by atoms with Crippen LogP contribution in [0.1, 0.15) is 19.3 Å². The van der Waals surface area contributed by atoms with Crippen molar-refractivity contribution >= 4 is 27.5 Å². The zero-order chi connectivity index (χ0) is 24.1. The van der Waals surface area contributed by atoms with Gasteiger partial charge in [-0.3, -0.25) is 14.5 Å². The zero-order valence-corrected chi connectivity index (χ0v) is 19.3. The zero-order valence-electron chi connectivity index (χ0n) is 18.5. The monoisotopic (exact) mass is 488 g/mol. The van der Waals surface area contributed by atoms with E-state index >= 15 is 0 Å². The Bertz CT molecular complexity index is 1290. The number of carbonyl (C=O) groups excluding carboxylic acids is 2. The molecule has 0 atom stereocenters. The quantitative estimate of drug-likeness (QED) is 0.321. The van der Waals surface area contributed by atoms with E-state index in [1.807, 2.05) is 24.3 Å². The highest BCUT2D eigenvalue weighted by Gasteiger charge is 2.27. The predicted molar refractivity (Wildman–Crippen MR) is 121 cm³/mol. The second-order valence-electron chi connectivity index (χ2n) is 7.55. The van der Waals surface area contributed by atoms with Crippen molar-refractivity contribution in [2.75, 3.05) is 32.6 Å². The average Bonchev–Trinajstić information content (AvgIpc) is 3.25. The number of likely N-dealkylation sites (tertiary alicyclic amines) is 1. The van der Waals surface area contributed by atoms with Crippen molar-refractivity contribution < 1.29 is 27.5 Å². The molecule has 1 aliphatic rings. The lowest BCUT2D eigenvalue weighted by molar-refractivity contribution is -0.147. The van der Waals surface area contributed by atoms with Crippen molar-refractivity contribution in [2.45, 2.75) is 19.3 Å². The van der Waals surface area contributed by atoms with Gasteiger partial charge in [-0.15, -0.1) is 15.3 Å². The Morgan fingerprint density at radius 1 is 1.09 bits per heavy atom. The van der Waals surface area contributed by atoms with E-state index in [9.17, 15) is 18.0 Å². The maximum absolute atomic E-state index is 12.2. The van der Waals surface area contributed by atoms with Crippen molar-refractivity contribution in [3.8, 4) is 23.0 Å². The number of hydrogen-bond donors (Lipinski definition) is 1. The molecule has 4 rings (SSSR count). The summed E-state index contributed by atoms with van der Waals surface area (Å²) < 4.78 is 39.2. The number of imide groups is 1. The number of sulfonamides is 1. The first-order valence-corrected chi connectivity index (χ1v) is 12.3. The fourth-order valence-electron chi connectivity index (χ4n) is 3.48. The molecule has 0 bridgehead atoms. The molecular weight excluding hydrogens is 464 g/mol. The van der Waals surface area contributed by atoms with E-state index in [0.717, 1.165) is 10.5 Å². The molecule has 34 heavy (non-hydrogen) atoms. The Kier molecular flexibility index (Phi) is 7.03. The number of amides is 2. The molecule has 1 saturated heterocycles. The third-order valence-electron chi connectivity index (χ3n) is 5.21. The number of methoxy groups -OCH3 is 1. The van der Waals surface area contributed by atoms with Crippen molar-refractivity contribution in [1.29, 1.82) is 0 Å². The van der Waals surface area contributed by atoms with Crippen molar-refractivity contribution in [3.05, 3.63) is 36.4 Å². The molecule has 0 radical (unpaired) electrons. The first-order chi connectivity index (χ1) is 16.4. The second kappa shape index (κ2) is 10.1. The lowest BCUT2D eigenvalue weighted by Crippen LogP contribution is -2.44. The van der Waals surface area contributed by atoms with Crippen LogP contribution in [0.15, 0.2) is 36.4 Å². The molecule has 2 amide bonds. The van der Waals surface area contributed by atoms with E-state index < -0.39 is 10.0 Å². The van der Waals surface area contributed by atoms with Crippen molar-refractivity contribution in [2.24, 2.45) is 0 Å². The van der Waals surface area contributed by atoms with E-state index in [-0.39, 0.29) is 56.0 Å². The van der Waals surface area contributed by atoms with E-state index in [0.29, 0.717) is 23.6 Å². The number of nitrogens with one attached hydrogen (secondary N) is 1. The van der Waals surface area contributed by atoms with Gasteiger partial charge < -0.3 is 9.47 Å². The Labute approximate surface area is 195 Å². The van der Waals surface area contributed by atoms with Crippen molar-refractivity contribution in [1.82, 2.24) is 29.4 Å². The Balaban J connectivity index is 1.33. The molecule has 1 fully saturated rings. The van der Waals surface area contributed by atoms with E-state index in [2.05, 4.69) is 20.0 Å². The van der Waals surface area contributed by atoms with Gasteiger partial charge in [-0.05, 0) is 24.6 Å². The number of carbonyl (C=O) groups is 2. The van der Waals surface area contributed by atoms with Gasteiger partial charge in [0.25, 0.3) is 0 Å². The number of fused-ring (bicyclic) bond motifs is 1. The molecule has 3 aromatic rings. The van der Waals surface area contributed by atoms with E-state index in [1.54, 1.807) is 19.2 Å². The molecule has 12 nitrogen and oxygen atoms in total. The number of nitrogens with zero attached hydrogens (tertiary/aromatic N) is 5. The van der Waals surface area contributed by atoms with Crippen LogP contribution in [0.3, 0.4) is 0 Å². The predicted octanol–water partition coefficient (Wildman–Crippen LogP) is 0.637. The highest BCUT2D eigenvalue weighted by molar-refractivity contribution is 7.89. The van der Waals surface area contributed by atoms with Gasteiger partial charge in [0, 0.05) is 37.6 Å². The van der Waals surface area contributed by atoms with Gasteiger partial charge in [-0.2, -0.15) is 4.52 Å². The number of piperidine rings is 1. The highest BCUT2D eigenvalue weighted by atomic mass is 32.2. The molecule has 0 spiro atoms. The van der Waals surface area contributed by atoms with Gasteiger partial charge in [0.05, 0.1) is 12.9 Å². The SMILES string of the molecule is COc1cccc(-c2nnc3ccc(OCCNS(=O)(=O)CCN4C(=O)CCCC4=O)nn23)c1. The van der Waals surface area contributed by atoms with Crippen LogP contribution in [-0.2, 0) is 19.6 Å². The van der Waals surface area contributed by atoms with Gasteiger partial charge in [0.1, 0.15) is 12.4 Å². The van der Waals surface area contributed by atoms with Crippen LogP contribution in [-0.4, -0.2) is 77.5 Å². The summed E-state index contributed by atoms with van der Waals surface area (Å²) in [4.78, 5) is 24.6. The van der Waals surface area contributed by atoms with Gasteiger partial charge >= 0.3 is 0 Å². The number of ether oxygens (including phenoxy) is 2. The summed E-state index contributed by atoms with van der Waals surface area (Å²) in [7, 11) is -2.12. The molecule has 2 aromatic heterocycles. The van der Waals surface area contributed by atoms with Crippen LogP contribution in [0.5, 0.6) is 11.6 Å². The summed E-state index contributed by atoms with van der Waals surface area (Å²) >= 11 is 0. The Morgan fingerprint density at radius 3 is 2.65 bits per heavy atom. The topological polar surface area (TPSA) is 145 Å².